The molecule has 5 nitrogen and oxygen atoms in total. The molecule has 2 aromatic rings. The summed E-state index contributed by atoms with van der Waals surface area (Å²) in [6.45, 7) is 0.797. The Morgan fingerprint density at radius 1 is 1.37 bits per heavy atom. The lowest BCUT2D eigenvalue weighted by atomic mass is 10.2. The first-order valence-corrected chi connectivity index (χ1v) is 6.60. The van der Waals surface area contributed by atoms with Crippen molar-refractivity contribution in [2.45, 2.75) is 6.42 Å². The van der Waals surface area contributed by atoms with Crippen LogP contribution in [0.5, 0.6) is 5.88 Å². The minimum atomic E-state index is -1.02. The van der Waals surface area contributed by atoms with Crippen molar-refractivity contribution in [2.24, 2.45) is 0 Å². The highest BCUT2D eigenvalue weighted by atomic mass is 79.9. The molecule has 0 saturated carbocycles. The van der Waals surface area contributed by atoms with Crippen LogP contribution in [0.1, 0.15) is 6.42 Å². The van der Waals surface area contributed by atoms with Crippen LogP contribution in [0.3, 0.4) is 0 Å². The van der Waals surface area contributed by atoms with E-state index in [9.17, 15) is 4.79 Å². The molecule has 0 atom stereocenters. The maximum Gasteiger partial charge on any atom is 0.404 e. The van der Waals surface area contributed by atoms with E-state index in [1.165, 1.54) is 0 Å². The van der Waals surface area contributed by atoms with E-state index in [0.29, 0.717) is 25.5 Å². The number of fused-ring (bicyclic) bond motifs is 1. The summed E-state index contributed by atoms with van der Waals surface area (Å²) in [5.74, 6) is 0.546. The fourth-order valence-electron chi connectivity index (χ4n) is 1.60. The van der Waals surface area contributed by atoms with Crippen LogP contribution >= 0.6 is 15.9 Å². The molecule has 0 spiro atoms. The van der Waals surface area contributed by atoms with Crippen LogP contribution < -0.4 is 10.1 Å². The van der Waals surface area contributed by atoms with Gasteiger partial charge in [-0.15, -0.1) is 0 Å². The van der Waals surface area contributed by atoms with Gasteiger partial charge in [-0.2, -0.15) is 0 Å². The average molecular weight is 325 g/mol. The summed E-state index contributed by atoms with van der Waals surface area (Å²) < 4.78 is 6.48. The average Bonchev–Trinajstić information content (AvgIpc) is 2.38. The molecule has 0 unspecified atom stereocenters. The topological polar surface area (TPSA) is 71.5 Å². The molecular formula is C13H13BrN2O3. The lowest BCUT2D eigenvalue weighted by molar-refractivity contribution is 0.193. The second-order valence-corrected chi connectivity index (χ2v) is 4.84. The van der Waals surface area contributed by atoms with Gasteiger partial charge in [-0.3, -0.25) is 0 Å². The first kappa shape index (κ1) is 13.6. The van der Waals surface area contributed by atoms with Crippen molar-refractivity contribution in [2.75, 3.05) is 13.2 Å². The van der Waals surface area contributed by atoms with Gasteiger partial charge in [0.2, 0.25) is 5.88 Å². The standard InChI is InChI=1S/C13H13BrN2O3/c14-10-3-4-11-9(8-10)2-5-12(16-11)19-7-1-6-15-13(17)18/h2-5,8,15H,1,6-7H2,(H,17,18). The zero-order valence-corrected chi connectivity index (χ0v) is 11.7. The van der Waals surface area contributed by atoms with Crippen molar-refractivity contribution < 1.29 is 14.6 Å². The summed E-state index contributed by atoms with van der Waals surface area (Å²) >= 11 is 3.41. The number of hydrogen-bond donors (Lipinski definition) is 2. The Hall–Kier alpha value is -1.82. The zero-order valence-electron chi connectivity index (χ0n) is 10.1. The van der Waals surface area contributed by atoms with E-state index in [-0.39, 0.29) is 0 Å². The number of carboxylic acid groups (broad SMARTS) is 1. The van der Waals surface area contributed by atoms with Gasteiger partial charge < -0.3 is 15.2 Å². The number of ether oxygens (including phenoxy) is 1. The first-order chi connectivity index (χ1) is 9.15. The number of aromatic nitrogens is 1. The van der Waals surface area contributed by atoms with Gasteiger partial charge in [0.05, 0.1) is 12.1 Å². The smallest absolute Gasteiger partial charge is 0.404 e. The molecule has 0 fully saturated rings. The SMILES string of the molecule is O=C(O)NCCCOc1ccc2cc(Br)ccc2n1. The van der Waals surface area contributed by atoms with Crippen LogP contribution in [0.25, 0.3) is 10.9 Å². The normalized spacial score (nSPS) is 10.4. The maximum atomic E-state index is 10.2. The molecule has 0 aliphatic rings. The van der Waals surface area contributed by atoms with Gasteiger partial charge in [-0.1, -0.05) is 15.9 Å². The van der Waals surface area contributed by atoms with Crippen LogP contribution in [0.2, 0.25) is 0 Å². The zero-order chi connectivity index (χ0) is 13.7. The Balaban J connectivity index is 1.91. The maximum absolute atomic E-state index is 10.2. The van der Waals surface area contributed by atoms with E-state index in [0.717, 1.165) is 15.4 Å². The number of nitrogens with zero attached hydrogens (tertiary/aromatic N) is 1. The molecule has 0 bridgehead atoms. The Bertz CT molecular complexity index is 589. The third-order valence-electron chi connectivity index (χ3n) is 2.47. The lowest BCUT2D eigenvalue weighted by Crippen LogP contribution is -2.23. The van der Waals surface area contributed by atoms with Crippen molar-refractivity contribution in [3.63, 3.8) is 0 Å². The van der Waals surface area contributed by atoms with E-state index >= 15 is 0 Å². The van der Waals surface area contributed by atoms with Crippen molar-refractivity contribution in [3.8, 4) is 5.88 Å². The second kappa shape index (κ2) is 6.38. The number of benzene rings is 1. The van der Waals surface area contributed by atoms with E-state index < -0.39 is 6.09 Å². The summed E-state index contributed by atoms with van der Waals surface area (Å²) in [4.78, 5) is 14.6. The van der Waals surface area contributed by atoms with E-state index in [4.69, 9.17) is 9.84 Å². The highest BCUT2D eigenvalue weighted by Gasteiger charge is 2.00. The van der Waals surface area contributed by atoms with Gasteiger partial charge in [0, 0.05) is 22.5 Å². The van der Waals surface area contributed by atoms with Crippen LogP contribution in [0.15, 0.2) is 34.8 Å². The Labute approximate surface area is 118 Å². The first-order valence-electron chi connectivity index (χ1n) is 5.81. The molecule has 1 amide bonds. The summed E-state index contributed by atoms with van der Waals surface area (Å²) in [7, 11) is 0. The number of halogens is 1. The molecule has 100 valence electrons. The second-order valence-electron chi connectivity index (χ2n) is 3.92. The van der Waals surface area contributed by atoms with Crippen molar-refractivity contribution in [1.82, 2.24) is 10.3 Å². The molecule has 0 aliphatic carbocycles. The fourth-order valence-corrected chi connectivity index (χ4v) is 1.98. The lowest BCUT2D eigenvalue weighted by Gasteiger charge is -2.06. The van der Waals surface area contributed by atoms with Crippen LogP contribution in [0, 0.1) is 0 Å². The molecule has 6 heteroatoms. The summed E-state index contributed by atoms with van der Waals surface area (Å²) in [5.41, 5.74) is 0.865. The highest BCUT2D eigenvalue weighted by Crippen LogP contribution is 2.20. The highest BCUT2D eigenvalue weighted by molar-refractivity contribution is 9.10. The number of carbonyl (C=O) groups is 1. The van der Waals surface area contributed by atoms with Crippen molar-refractivity contribution in [3.05, 3.63) is 34.8 Å². The molecule has 1 aromatic heterocycles. The third-order valence-corrected chi connectivity index (χ3v) is 2.97. The molecule has 2 N–H and O–H groups in total. The molecule has 2 rings (SSSR count). The number of pyridine rings is 1. The monoisotopic (exact) mass is 324 g/mol. The molecule has 1 heterocycles. The van der Waals surface area contributed by atoms with Gasteiger partial charge in [0.15, 0.2) is 0 Å². The van der Waals surface area contributed by atoms with Crippen LogP contribution in [0.4, 0.5) is 4.79 Å². The predicted molar refractivity (Wildman–Crippen MR) is 75.6 cm³/mol. The minimum absolute atomic E-state index is 0.371. The quantitative estimate of drug-likeness (QED) is 0.829. The van der Waals surface area contributed by atoms with Gasteiger partial charge in [0.1, 0.15) is 0 Å². The van der Waals surface area contributed by atoms with Crippen LogP contribution in [-0.4, -0.2) is 29.3 Å². The Morgan fingerprint density at radius 3 is 3.00 bits per heavy atom. The molecular weight excluding hydrogens is 312 g/mol. The number of amides is 1. The number of hydrogen-bond acceptors (Lipinski definition) is 3. The number of rotatable bonds is 5. The van der Waals surface area contributed by atoms with E-state index in [1.807, 2.05) is 24.3 Å². The molecule has 0 saturated heterocycles. The van der Waals surface area contributed by atoms with Gasteiger partial charge in [-0.05, 0) is 30.7 Å². The summed E-state index contributed by atoms with van der Waals surface area (Å²) in [5, 5.41) is 11.7. The van der Waals surface area contributed by atoms with E-state index in [1.54, 1.807) is 6.07 Å². The van der Waals surface area contributed by atoms with Gasteiger partial charge in [0.25, 0.3) is 0 Å². The van der Waals surface area contributed by atoms with Gasteiger partial charge in [-0.25, -0.2) is 9.78 Å². The molecule has 1 aromatic carbocycles. The molecule has 19 heavy (non-hydrogen) atoms. The van der Waals surface area contributed by atoms with Crippen molar-refractivity contribution in [1.29, 1.82) is 0 Å². The molecule has 0 aliphatic heterocycles. The summed E-state index contributed by atoms with van der Waals surface area (Å²) in [6.07, 6.45) is -0.416. The van der Waals surface area contributed by atoms with Crippen LogP contribution in [-0.2, 0) is 0 Å². The Morgan fingerprint density at radius 2 is 2.21 bits per heavy atom. The Kier molecular flexibility index (Phi) is 4.57. The number of nitrogens with one attached hydrogen (secondary N) is 1. The van der Waals surface area contributed by atoms with Crippen molar-refractivity contribution >= 4 is 32.9 Å². The fraction of sp³-hybridized carbons (Fsp3) is 0.231. The largest absolute Gasteiger partial charge is 0.478 e. The summed E-state index contributed by atoms with van der Waals surface area (Å²) in [6, 6.07) is 9.58. The minimum Gasteiger partial charge on any atom is -0.478 e. The van der Waals surface area contributed by atoms with Gasteiger partial charge >= 0.3 is 6.09 Å². The van der Waals surface area contributed by atoms with E-state index in [2.05, 4.69) is 26.2 Å². The third kappa shape index (κ3) is 4.10. The molecule has 0 radical (unpaired) electrons. The predicted octanol–water partition coefficient (Wildman–Crippen LogP) is 3.03.